The van der Waals surface area contributed by atoms with Gasteiger partial charge in [-0.1, -0.05) is 11.6 Å². The Morgan fingerprint density at radius 2 is 2.31 bits per heavy atom. The molecule has 2 aromatic rings. The molecule has 1 N–H and O–H groups in total. The second-order valence-electron chi connectivity index (χ2n) is 4.27. The number of nitrogens with zero attached hydrogens (tertiary/aromatic N) is 1. The molecule has 0 radical (unpaired) electrons. The van der Waals surface area contributed by atoms with Crippen LogP contribution in [0.15, 0.2) is 16.5 Å². The Balaban J connectivity index is 2.08. The zero-order valence-corrected chi connectivity index (χ0v) is 9.84. The van der Waals surface area contributed by atoms with E-state index in [9.17, 15) is 0 Å². The van der Waals surface area contributed by atoms with Crippen molar-refractivity contribution in [2.24, 2.45) is 0 Å². The quantitative estimate of drug-likeness (QED) is 0.890. The Kier molecular flexibility index (Phi) is 2.37. The second-order valence-corrected chi connectivity index (χ2v) is 4.68. The van der Waals surface area contributed by atoms with E-state index in [1.165, 1.54) is 12.8 Å². The topological polar surface area (TPSA) is 38.1 Å². The van der Waals surface area contributed by atoms with Gasteiger partial charge in [-0.15, -0.1) is 0 Å². The van der Waals surface area contributed by atoms with Gasteiger partial charge in [0.15, 0.2) is 11.5 Å². The van der Waals surface area contributed by atoms with E-state index in [0.29, 0.717) is 5.92 Å². The number of nitrogens with one attached hydrogen (secondary N) is 1. The SMILES string of the molecule is CNCc1cc2nc(C3CC3)oc2cc1Cl. The largest absolute Gasteiger partial charge is 0.440 e. The van der Waals surface area contributed by atoms with Gasteiger partial charge in [0.25, 0.3) is 0 Å². The molecule has 1 heterocycles. The average Bonchev–Trinajstić information content (AvgIpc) is 3.02. The predicted molar refractivity (Wildman–Crippen MR) is 63.8 cm³/mol. The molecule has 1 fully saturated rings. The summed E-state index contributed by atoms with van der Waals surface area (Å²) in [5, 5.41) is 3.83. The number of hydrogen-bond donors (Lipinski definition) is 1. The van der Waals surface area contributed by atoms with Crippen LogP contribution in [0.5, 0.6) is 0 Å². The molecular formula is C12H13ClN2O. The monoisotopic (exact) mass is 236 g/mol. The van der Waals surface area contributed by atoms with Gasteiger partial charge < -0.3 is 9.73 Å². The first kappa shape index (κ1) is 10.1. The van der Waals surface area contributed by atoms with Crippen LogP contribution in [0.1, 0.15) is 30.2 Å². The van der Waals surface area contributed by atoms with Crippen molar-refractivity contribution in [2.45, 2.75) is 25.3 Å². The third-order valence-electron chi connectivity index (χ3n) is 2.87. The number of fused-ring (bicyclic) bond motifs is 1. The molecule has 1 aliphatic rings. The Hall–Kier alpha value is -1.06. The summed E-state index contributed by atoms with van der Waals surface area (Å²) in [6.45, 7) is 0.750. The first-order chi connectivity index (χ1) is 7.78. The van der Waals surface area contributed by atoms with Gasteiger partial charge >= 0.3 is 0 Å². The van der Waals surface area contributed by atoms with E-state index >= 15 is 0 Å². The second kappa shape index (κ2) is 3.75. The first-order valence-electron chi connectivity index (χ1n) is 5.51. The zero-order valence-electron chi connectivity index (χ0n) is 9.09. The minimum absolute atomic E-state index is 0.541. The smallest absolute Gasteiger partial charge is 0.198 e. The van der Waals surface area contributed by atoms with Crippen molar-refractivity contribution in [1.82, 2.24) is 10.3 Å². The van der Waals surface area contributed by atoms with Crippen LogP contribution in [0.25, 0.3) is 11.1 Å². The van der Waals surface area contributed by atoms with Crippen molar-refractivity contribution in [3.05, 3.63) is 28.6 Å². The number of halogens is 1. The van der Waals surface area contributed by atoms with Crippen molar-refractivity contribution < 1.29 is 4.42 Å². The number of benzene rings is 1. The molecule has 0 bridgehead atoms. The van der Waals surface area contributed by atoms with Gasteiger partial charge in [0.1, 0.15) is 5.52 Å². The Morgan fingerprint density at radius 3 is 3.00 bits per heavy atom. The van der Waals surface area contributed by atoms with Crippen LogP contribution >= 0.6 is 11.6 Å². The van der Waals surface area contributed by atoms with Crippen molar-refractivity contribution >= 4 is 22.7 Å². The van der Waals surface area contributed by atoms with E-state index in [4.69, 9.17) is 16.0 Å². The summed E-state index contributed by atoms with van der Waals surface area (Å²) in [6, 6.07) is 3.87. The molecule has 4 heteroatoms. The molecule has 1 aromatic carbocycles. The number of oxazole rings is 1. The van der Waals surface area contributed by atoms with Crippen LogP contribution in [-0.4, -0.2) is 12.0 Å². The van der Waals surface area contributed by atoms with Crippen LogP contribution in [0.3, 0.4) is 0 Å². The molecule has 0 aliphatic heterocycles. The maximum Gasteiger partial charge on any atom is 0.198 e. The van der Waals surface area contributed by atoms with E-state index in [-0.39, 0.29) is 0 Å². The maximum atomic E-state index is 6.16. The molecule has 0 spiro atoms. The van der Waals surface area contributed by atoms with Crippen molar-refractivity contribution in [3.8, 4) is 0 Å². The van der Waals surface area contributed by atoms with Gasteiger partial charge in [0, 0.05) is 23.6 Å². The summed E-state index contributed by atoms with van der Waals surface area (Å²) in [6.07, 6.45) is 2.40. The molecule has 1 saturated carbocycles. The lowest BCUT2D eigenvalue weighted by Gasteiger charge is -2.01. The number of hydrogen-bond acceptors (Lipinski definition) is 3. The van der Waals surface area contributed by atoms with Crippen LogP contribution in [0, 0.1) is 0 Å². The van der Waals surface area contributed by atoms with Gasteiger partial charge in [-0.25, -0.2) is 4.98 Å². The molecule has 3 nitrogen and oxygen atoms in total. The standard InChI is InChI=1S/C12H13ClN2O/c1-14-6-8-4-10-11(5-9(8)13)16-12(15-10)7-2-3-7/h4-5,7,14H,2-3,6H2,1H3. The highest BCUT2D eigenvalue weighted by Gasteiger charge is 2.29. The van der Waals surface area contributed by atoms with E-state index in [2.05, 4.69) is 10.3 Å². The van der Waals surface area contributed by atoms with Crippen molar-refractivity contribution in [1.29, 1.82) is 0 Å². The molecule has 1 aromatic heterocycles. The predicted octanol–water partition coefficient (Wildman–Crippen LogP) is 3.08. The molecule has 16 heavy (non-hydrogen) atoms. The zero-order chi connectivity index (χ0) is 11.1. The molecular weight excluding hydrogens is 224 g/mol. The fraction of sp³-hybridized carbons (Fsp3) is 0.417. The van der Waals surface area contributed by atoms with E-state index in [1.807, 2.05) is 19.2 Å². The lowest BCUT2D eigenvalue weighted by Crippen LogP contribution is -2.05. The first-order valence-corrected chi connectivity index (χ1v) is 5.89. The van der Waals surface area contributed by atoms with Crippen LogP contribution < -0.4 is 5.32 Å². The van der Waals surface area contributed by atoms with E-state index in [0.717, 1.165) is 34.1 Å². The van der Waals surface area contributed by atoms with Crippen molar-refractivity contribution in [3.63, 3.8) is 0 Å². The molecule has 0 atom stereocenters. The third kappa shape index (κ3) is 1.70. The van der Waals surface area contributed by atoms with E-state index < -0.39 is 0 Å². The van der Waals surface area contributed by atoms with Crippen LogP contribution in [0.2, 0.25) is 5.02 Å². The van der Waals surface area contributed by atoms with Gasteiger partial charge in [0.05, 0.1) is 0 Å². The molecule has 1 aliphatic carbocycles. The summed E-state index contributed by atoms with van der Waals surface area (Å²) in [5.41, 5.74) is 2.77. The summed E-state index contributed by atoms with van der Waals surface area (Å²) in [4.78, 5) is 4.51. The number of rotatable bonds is 3. The molecule has 84 valence electrons. The molecule has 0 amide bonds. The Labute approximate surface area is 98.8 Å². The lowest BCUT2D eigenvalue weighted by atomic mass is 10.2. The minimum Gasteiger partial charge on any atom is -0.440 e. The number of aromatic nitrogens is 1. The summed E-state index contributed by atoms with van der Waals surface area (Å²) < 4.78 is 5.69. The fourth-order valence-corrected chi connectivity index (χ4v) is 2.06. The third-order valence-corrected chi connectivity index (χ3v) is 3.22. The summed E-state index contributed by atoms with van der Waals surface area (Å²) >= 11 is 6.16. The highest BCUT2D eigenvalue weighted by Crippen LogP contribution is 2.41. The van der Waals surface area contributed by atoms with Crippen molar-refractivity contribution in [2.75, 3.05) is 7.05 Å². The molecule has 3 rings (SSSR count). The lowest BCUT2D eigenvalue weighted by molar-refractivity contribution is 0.533. The Morgan fingerprint density at radius 1 is 1.50 bits per heavy atom. The highest BCUT2D eigenvalue weighted by atomic mass is 35.5. The van der Waals surface area contributed by atoms with E-state index in [1.54, 1.807) is 0 Å². The maximum absolute atomic E-state index is 6.16. The summed E-state index contributed by atoms with van der Waals surface area (Å²) in [5.74, 6) is 1.41. The van der Waals surface area contributed by atoms with Crippen LogP contribution in [-0.2, 0) is 6.54 Å². The molecule has 0 unspecified atom stereocenters. The minimum atomic E-state index is 0.541. The normalized spacial score (nSPS) is 15.9. The average molecular weight is 237 g/mol. The van der Waals surface area contributed by atoms with Gasteiger partial charge in [0.2, 0.25) is 0 Å². The highest BCUT2D eigenvalue weighted by molar-refractivity contribution is 6.32. The Bertz CT molecular complexity index is 531. The fourth-order valence-electron chi connectivity index (χ4n) is 1.84. The van der Waals surface area contributed by atoms with Gasteiger partial charge in [-0.3, -0.25) is 0 Å². The van der Waals surface area contributed by atoms with Gasteiger partial charge in [-0.2, -0.15) is 0 Å². The molecule has 0 saturated heterocycles. The summed E-state index contributed by atoms with van der Waals surface area (Å²) in [7, 11) is 1.90. The van der Waals surface area contributed by atoms with Gasteiger partial charge in [-0.05, 0) is 31.5 Å². The van der Waals surface area contributed by atoms with Crippen LogP contribution in [0.4, 0.5) is 0 Å².